The predicted molar refractivity (Wildman–Crippen MR) is 87.2 cm³/mol. The summed E-state index contributed by atoms with van der Waals surface area (Å²) in [6.07, 6.45) is 5.50. The molecule has 4 N–H and O–H groups in total. The van der Waals surface area contributed by atoms with Gasteiger partial charge in [-0.3, -0.25) is 4.79 Å². The van der Waals surface area contributed by atoms with Gasteiger partial charge in [-0.1, -0.05) is 19.3 Å². The number of carbonyl (C=O) groups excluding carboxylic acids is 3. The summed E-state index contributed by atoms with van der Waals surface area (Å²) < 4.78 is 4.62. The highest BCUT2D eigenvalue weighted by molar-refractivity contribution is 5.90. The molecule has 2 atom stereocenters. The Morgan fingerprint density at radius 3 is 2.58 bits per heavy atom. The molecule has 1 saturated heterocycles. The van der Waals surface area contributed by atoms with Gasteiger partial charge in [0.15, 0.2) is 6.04 Å². The molecule has 0 aromatic rings. The van der Waals surface area contributed by atoms with E-state index in [0.29, 0.717) is 13.1 Å². The number of piperazine rings is 1. The molecule has 2 aliphatic rings. The molecule has 8 nitrogen and oxygen atoms in total. The lowest BCUT2D eigenvalue weighted by Crippen LogP contribution is -2.93. The standard InChI is InChI=1S/C16H28N4O4/c1-11(15(22)24-2)18-14(21)13-10-17-8-9-20(13)16(23)19-12-6-4-3-5-7-12/h11-13,17H,3-10H2,1-2H3,(H,18,21)(H,19,23)/p+1/t11-,13+/m1/s1. The molecule has 0 spiro atoms. The van der Waals surface area contributed by atoms with Gasteiger partial charge in [0.2, 0.25) is 5.91 Å². The van der Waals surface area contributed by atoms with Crippen LogP contribution in [-0.2, 0) is 14.3 Å². The van der Waals surface area contributed by atoms with Crippen LogP contribution in [0.15, 0.2) is 0 Å². The molecule has 8 heteroatoms. The zero-order valence-electron chi connectivity index (χ0n) is 14.5. The molecule has 0 bridgehead atoms. The number of carbonyl (C=O) groups is 3. The molecule has 2 rings (SSSR count). The van der Waals surface area contributed by atoms with Crippen molar-refractivity contribution in [3.63, 3.8) is 0 Å². The van der Waals surface area contributed by atoms with Crippen LogP contribution >= 0.6 is 0 Å². The first-order chi connectivity index (χ1) is 11.5. The summed E-state index contributed by atoms with van der Waals surface area (Å²) in [6.45, 7) is 3.36. The quantitative estimate of drug-likeness (QED) is 0.568. The minimum Gasteiger partial charge on any atom is -0.467 e. The lowest BCUT2D eigenvalue weighted by atomic mass is 9.96. The van der Waals surface area contributed by atoms with Gasteiger partial charge >= 0.3 is 12.0 Å². The van der Waals surface area contributed by atoms with E-state index in [1.165, 1.54) is 13.5 Å². The number of methoxy groups -OCH3 is 1. The first-order valence-electron chi connectivity index (χ1n) is 8.80. The Morgan fingerprint density at radius 1 is 1.21 bits per heavy atom. The lowest BCUT2D eigenvalue weighted by Gasteiger charge is -2.35. The minimum atomic E-state index is -0.729. The van der Waals surface area contributed by atoms with Crippen LogP contribution in [0.25, 0.3) is 0 Å². The van der Waals surface area contributed by atoms with Crippen molar-refractivity contribution >= 4 is 17.9 Å². The number of hydrogen-bond acceptors (Lipinski definition) is 4. The number of esters is 1. The van der Waals surface area contributed by atoms with Gasteiger partial charge in [-0.15, -0.1) is 0 Å². The number of amides is 3. The van der Waals surface area contributed by atoms with E-state index in [1.807, 2.05) is 5.32 Å². The molecular weight excluding hydrogens is 312 g/mol. The zero-order valence-corrected chi connectivity index (χ0v) is 14.5. The minimum absolute atomic E-state index is 0.180. The summed E-state index contributed by atoms with van der Waals surface area (Å²) in [5.74, 6) is -0.816. The maximum absolute atomic E-state index is 12.6. The van der Waals surface area contributed by atoms with Crippen molar-refractivity contribution in [2.24, 2.45) is 0 Å². The van der Waals surface area contributed by atoms with Crippen LogP contribution in [0.2, 0.25) is 0 Å². The largest absolute Gasteiger partial charge is 0.467 e. The van der Waals surface area contributed by atoms with Crippen LogP contribution in [0.3, 0.4) is 0 Å². The summed E-state index contributed by atoms with van der Waals surface area (Å²) in [5.41, 5.74) is 0. The van der Waals surface area contributed by atoms with E-state index in [0.717, 1.165) is 32.2 Å². The van der Waals surface area contributed by atoms with E-state index in [4.69, 9.17) is 0 Å². The molecular formula is C16H29N4O4+. The molecule has 0 radical (unpaired) electrons. The highest BCUT2D eigenvalue weighted by Crippen LogP contribution is 2.18. The van der Waals surface area contributed by atoms with E-state index in [2.05, 4.69) is 15.4 Å². The van der Waals surface area contributed by atoms with Gasteiger partial charge < -0.3 is 25.6 Å². The van der Waals surface area contributed by atoms with Crippen LogP contribution < -0.4 is 16.0 Å². The average molecular weight is 341 g/mol. The van der Waals surface area contributed by atoms with Crippen LogP contribution in [0.5, 0.6) is 0 Å². The van der Waals surface area contributed by atoms with Crippen molar-refractivity contribution in [3.8, 4) is 0 Å². The van der Waals surface area contributed by atoms with E-state index < -0.39 is 18.1 Å². The van der Waals surface area contributed by atoms with Gasteiger partial charge in [-0.2, -0.15) is 0 Å². The zero-order chi connectivity index (χ0) is 17.5. The maximum Gasteiger partial charge on any atom is 0.328 e. The second-order valence-electron chi connectivity index (χ2n) is 6.56. The Kier molecular flexibility index (Phi) is 6.84. The molecule has 0 aromatic carbocycles. The SMILES string of the molecule is COC(=O)[C@@H](C)NC(=O)[C@@H]1C[NH2+]CCN1C(=O)NC1CCCCC1. The molecule has 136 valence electrons. The highest BCUT2D eigenvalue weighted by atomic mass is 16.5. The number of nitrogens with two attached hydrogens (primary N) is 1. The molecule has 1 aliphatic heterocycles. The summed E-state index contributed by atoms with van der Waals surface area (Å²) in [4.78, 5) is 38.1. The van der Waals surface area contributed by atoms with Gasteiger partial charge in [0.1, 0.15) is 12.6 Å². The van der Waals surface area contributed by atoms with Gasteiger partial charge in [-0.05, 0) is 19.8 Å². The second-order valence-corrected chi connectivity index (χ2v) is 6.56. The number of quaternary nitrogens is 1. The second kappa shape index (κ2) is 8.86. The molecule has 1 saturated carbocycles. The normalized spacial score (nSPS) is 23.2. The third kappa shape index (κ3) is 4.83. The maximum atomic E-state index is 12.6. The number of rotatable bonds is 4. The topological polar surface area (TPSA) is 104 Å². The van der Waals surface area contributed by atoms with Crippen LogP contribution in [0.4, 0.5) is 4.79 Å². The summed E-state index contributed by atoms with van der Waals surface area (Å²) in [5, 5.41) is 7.71. The summed E-state index contributed by atoms with van der Waals surface area (Å²) in [6, 6.07) is -1.28. The molecule has 3 amide bonds. The first kappa shape index (κ1) is 18.5. The van der Waals surface area contributed by atoms with E-state index >= 15 is 0 Å². The fourth-order valence-corrected chi connectivity index (χ4v) is 3.33. The Morgan fingerprint density at radius 2 is 1.92 bits per heavy atom. The summed E-state index contributed by atoms with van der Waals surface area (Å²) >= 11 is 0. The number of nitrogens with one attached hydrogen (secondary N) is 2. The monoisotopic (exact) mass is 341 g/mol. The van der Waals surface area contributed by atoms with Crippen LogP contribution in [0, 0.1) is 0 Å². The number of hydrogen-bond donors (Lipinski definition) is 3. The number of ether oxygens (including phenoxy) is 1. The molecule has 1 aliphatic carbocycles. The lowest BCUT2D eigenvalue weighted by molar-refractivity contribution is -0.665. The Labute approximate surface area is 142 Å². The van der Waals surface area contributed by atoms with Crippen molar-refractivity contribution < 1.29 is 24.4 Å². The first-order valence-corrected chi connectivity index (χ1v) is 8.80. The van der Waals surface area contributed by atoms with E-state index in [-0.39, 0.29) is 18.0 Å². The summed E-state index contributed by atoms with van der Waals surface area (Å²) in [7, 11) is 1.28. The molecule has 0 unspecified atom stereocenters. The van der Waals surface area contributed by atoms with Crippen molar-refractivity contribution in [1.82, 2.24) is 15.5 Å². The van der Waals surface area contributed by atoms with Gasteiger partial charge in [0.25, 0.3) is 0 Å². The smallest absolute Gasteiger partial charge is 0.328 e. The third-order valence-electron chi connectivity index (χ3n) is 4.75. The van der Waals surface area contributed by atoms with Gasteiger partial charge in [0, 0.05) is 6.04 Å². The Hall–Kier alpha value is -1.83. The number of urea groups is 1. The van der Waals surface area contributed by atoms with Crippen molar-refractivity contribution in [2.45, 2.75) is 57.2 Å². The molecule has 1 heterocycles. The van der Waals surface area contributed by atoms with Crippen molar-refractivity contribution in [1.29, 1.82) is 0 Å². The fourth-order valence-electron chi connectivity index (χ4n) is 3.33. The average Bonchev–Trinajstić information content (AvgIpc) is 2.61. The van der Waals surface area contributed by atoms with Crippen molar-refractivity contribution in [3.05, 3.63) is 0 Å². The Balaban J connectivity index is 1.94. The molecule has 0 aromatic heterocycles. The molecule has 24 heavy (non-hydrogen) atoms. The van der Waals surface area contributed by atoms with E-state index in [9.17, 15) is 14.4 Å². The fraction of sp³-hybridized carbons (Fsp3) is 0.812. The highest BCUT2D eigenvalue weighted by Gasteiger charge is 2.36. The van der Waals surface area contributed by atoms with Gasteiger partial charge in [0.05, 0.1) is 20.2 Å². The third-order valence-corrected chi connectivity index (χ3v) is 4.75. The van der Waals surface area contributed by atoms with Crippen LogP contribution in [-0.4, -0.2) is 67.7 Å². The van der Waals surface area contributed by atoms with Crippen molar-refractivity contribution in [2.75, 3.05) is 26.7 Å². The van der Waals surface area contributed by atoms with Crippen LogP contribution in [0.1, 0.15) is 39.0 Å². The number of nitrogens with zero attached hydrogens (tertiary/aromatic N) is 1. The van der Waals surface area contributed by atoms with E-state index in [1.54, 1.807) is 11.8 Å². The van der Waals surface area contributed by atoms with Gasteiger partial charge in [-0.25, -0.2) is 9.59 Å². The predicted octanol–water partition coefficient (Wildman–Crippen LogP) is -1.05. The molecule has 2 fully saturated rings. The Bertz CT molecular complexity index is 465.